The molecule has 2 amide bonds. The fraction of sp³-hybridized carbons (Fsp3) is 0.130. The third-order valence-corrected chi connectivity index (χ3v) is 7.91. The fourth-order valence-electron chi connectivity index (χ4n) is 3.66. The van der Waals surface area contributed by atoms with Gasteiger partial charge < -0.3 is 16.4 Å². The Bertz CT molecular complexity index is 1340. The van der Waals surface area contributed by atoms with E-state index in [-0.39, 0.29) is 42.7 Å². The summed E-state index contributed by atoms with van der Waals surface area (Å²) in [6.07, 6.45) is 0. The van der Waals surface area contributed by atoms with Crippen LogP contribution in [0.5, 0.6) is 0 Å². The fourth-order valence-corrected chi connectivity index (χ4v) is 5.30. The molecule has 0 bridgehead atoms. The van der Waals surface area contributed by atoms with E-state index in [1.54, 1.807) is 12.1 Å². The molecule has 0 aliphatic heterocycles. The minimum Gasteiger partial charge on any atom is -0.397 e. The molecule has 4 rings (SSSR count). The van der Waals surface area contributed by atoms with Crippen molar-refractivity contribution in [3.05, 3.63) is 85.6 Å². The van der Waals surface area contributed by atoms with Crippen molar-refractivity contribution in [2.24, 2.45) is 5.92 Å². The average molecular weight is 596 g/mol. The second kappa shape index (κ2) is 9.85. The lowest BCUT2D eigenvalue weighted by Gasteiger charge is -2.11. The van der Waals surface area contributed by atoms with E-state index >= 15 is 0 Å². The molecule has 0 spiro atoms. The molecule has 3 aromatic rings. The van der Waals surface area contributed by atoms with Crippen molar-refractivity contribution in [2.75, 3.05) is 16.4 Å². The van der Waals surface area contributed by atoms with Gasteiger partial charge in [-0.2, -0.15) is 0 Å². The smallest absolute Gasteiger partial charge is 0.257 e. The normalized spacial score (nSPS) is 18.1. The van der Waals surface area contributed by atoms with Crippen molar-refractivity contribution in [2.45, 2.75) is 10.3 Å². The van der Waals surface area contributed by atoms with Gasteiger partial charge in [-0.25, -0.2) is 4.39 Å². The maximum Gasteiger partial charge on any atom is 0.257 e. The van der Waals surface area contributed by atoms with Crippen LogP contribution in [-0.2, 0) is 4.79 Å². The molecule has 0 aromatic heterocycles. The first-order valence-electron chi connectivity index (χ1n) is 9.89. The number of anilines is 3. The maximum absolute atomic E-state index is 13.3. The lowest BCUT2D eigenvalue weighted by molar-refractivity contribution is -0.117. The third-order valence-electron chi connectivity index (χ3n) is 5.44. The van der Waals surface area contributed by atoms with Gasteiger partial charge in [-0.3, -0.25) is 9.59 Å². The van der Waals surface area contributed by atoms with Gasteiger partial charge in [0, 0.05) is 11.6 Å². The number of rotatable bonds is 5. The minimum atomic E-state index is -1.41. The first kappa shape index (κ1) is 26.1. The molecule has 0 radical (unpaired) electrons. The Kier molecular flexibility index (Phi) is 7.36. The molecule has 182 valence electrons. The summed E-state index contributed by atoms with van der Waals surface area (Å²) < 4.78 is 11.9. The second-order valence-corrected chi connectivity index (χ2v) is 10.8. The Morgan fingerprint density at radius 2 is 1.54 bits per heavy atom. The molecule has 3 aromatic carbocycles. The van der Waals surface area contributed by atoms with Gasteiger partial charge in [0.05, 0.1) is 42.9 Å². The zero-order valence-corrected chi connectivity index (χ0v) is 21.8. The lowest BCUT2D eigenvalue weighted by atomic mass is 10.1. The summed E-state index contributed by atoms with van der Waals surface area (Å²) in [5.74, 6) is -3.05. The van der Waals surface area contributed by atoms with Crippen LogP contribution in [0.4, 0.5) is 21.5 Å². The summed E-state index contributed by atoms with van der Waals surface area (Å²) in [6.45, 7) is 0. The topological polar surface area (TPSA) is 84.2 Å². The Hall–Kier alpha value is -1.93. The third kappa shape index (κ3) is 5.29. The van der Waals surface area contributed by atoms with Gasteiger partial charge in [-0.05, 0) is 54.1 Å². The standard InChI is InChI=1S/C23H14Cl6FN3O2/c24-13-3-2-11(8-12(13)21(34)33-17-4-1-10(30)7-16(17)31)32-22(35)19-18(23(19,28)29)9-5-14(25)20(27)15(26)6-9/h1-8,18-19H,31H2,(H,32,35)(H,33,34)/t18-,19?/m0/s1. The average Bonchev–Trinajstić information content (AvgIpc) is 3.37. The van der Waals surface area contributed by atoms with E-state index in [1.807, 2.05) is 0 Å². The highest BCUT2D eigenvalue weighted by Gasteiger charge is 2.67. The highest BCUT2D eigenvalue weighted by Crippen LogP contribution is 2.65. The number of halogens is 7. The summed E-state index contributed by atoms with van der Waals surface area (Å²) in [4.78, 5) is 25.7. The van der Waals surface area contributed by atoms with Gasteiger partial charge in [-0.1, -0.05) is 46.4 Å². The van der Waals surface area contributed by atoms with Crippen LogP contribution in [0, 0.1) is 11.7 Å². The van der Waals surface area contributed by atoms with Crippen LogP contribution in [0.15, 0.2) is 48.5 Å². The van der Waals surface area contributed by atoms with Crippen LogP contribution in [0.3, 0.4) is 0 Å². The summed E-state index contributed by atoms with van der Waals surface area (Å²) in [5, 5.41) is 5.98. The monoisotopic (exact) mass is 593 g/mol. The molecule has 5 nitrogen and oxygen atoms in total. The molecule has 1 unspecified atom stereocenters. The lowest BCUT2D eigenvalue weighted by Crippen LogP contribution is -2.18. The van der Waals surface area contributed by atoms with E-state index < -0.39 is 33.8 Å². The highest BCUT2D eigenvalue weighted by atomic mass is 35.5. The van der Waals surface area contributed by atoms with Crippen LogP contribution in [0.25, 0.3) is 0 Å². The Balaban J connectivity index is 1.52. The van der Waals surface area contributed by atoms with Crippen LogP contribution in [0.2, 0.25) is 20.1 Å². The van der Waals surface area contributed by atoms with Gasteiger partial charge in [0.1, 0.15) is 10.2 Å². The number of nitrogens with one attached hydrogen (secondary N) is 2. The Morgan fingerprint density at radius 1 is 0.886 bits per heavy atom. The minimum absolute atomic E-state index is 0.0432. The van der Waals surface area contributed by atoms with Gasteiger partial charge in [0.15, 0.2) is 0 Å². The first-order valence-corrected chi connectivity index (χ1v) is 12.2. The number of carbonyl (C=O) groups is 2. The van der Waals surface area contributed by atoms with E-state index in [1.165, 1.54) is 24.3 Å². The van der Waals surface area contributed by atoms with Crippen LogP contribution in [-0.4, -0.2) is 16.1 Å². The number of hydrogen-bond donors (Lipinski definition) is 3. The van der Waals surface area contributed by atoms with Crippen LogP contribution < -0.4 is 16.4 Å². The molecular weight excluding hydrogens is 582 g/mol. The van der Waals surface area contributed by atoms with E-state index in [2.05, 4.69) is 10.6 Å². The Morgan fingerprint density at radius 3 is 2.17 bits per heavy atom. The van der Waals surface area contributed by atoms with Crippen molar-refractivity contribution in [3.8, 4) is 0 Å². The summed E-state index contributed by atoms with van der Waals surface area (Å²) in [6, 6.07) is 11.0. The van der Waals surface area contributed by atoms with Gasteiger partial charge >= 0.3 is 0 Å². The summed E-state index contributed by atoms with van der Waals surface area (Å²) in [7, 11) is 0. The van der Waals surface area contributed by atoms with Gasteiger partial charge in [-0.15, -0.1) is 23.2 Å². The summed E-state index contributed by atoms with van der Waals surface area (Å²) >= 11 is 37.2. The highest BCUT2D eigenvalue weighted by molar-refractivity contribution is 6.54. The zero-order chi connectivity index (χ0) is 25.7. The number of amides is 2. The maximum atomic E-state index is 13.3. The molecule has 1 aliphatic carbocycles. The van der Waals surface area contributed by atoms with Gasteiger partial charge in [0.25, 0.3) is 5.91 Å². The first-order chi connectivity index (χ1) is 16.4. The number of benzene rings is 3. The van der Waals surface area contributed by atoms with Crippen molar-refractivity contribution in [3.63, 3.8) is 0 Å². The molecule has 0 heterocycles. The number of carbonyl (C=O) groups excluding carboxylic acids is 2. The second-order valence-electron chi connectivity index (χ2n) is 7.80. The largest absolute Gasteiger partial charge is 0.397 e. The van der Waals surface area contributed by atoms with Crippen molar-refractivity contribution in [1.29, 1.82) is 0 Å². The van der Waals surface area contributed by atoms with Crippen molar-refractivity contribution in [1.82, 2.24) is 0 Å². The molecule has 2 atom stereocenters. The van der Waals surface area contributed by atoms with Crippen LogP contribution in [0.1, 0.15) is 21.8 Å². The molecule has 1 aliphatic rings. The number of hydrogen-bond acceptors (Lipinski definition) is 3. The molecule has 1 saturated carbocycles. The van der Waals surface area contributed by atoms with E-state index in [0.717, 1.165) is 12.1 Å². The SMILES string of the molecule is Nc1cc(F)ccc1NC(=O)c1cc(NC(=O)C2[C@H](c3cc(Cl)c(Cl)c(Cl)c3)C2(Cl)Cl)ccc1Cl. The number of nitrogens with two attached hydrogens (primary N) is 1. The number of alkyl halides is 2. The Labute approximate surface area is 229 Å². The predicted molar refractivity (Wildman–Crippen MR) is 141 cm³/mol. The molecule has 35 heavy (non-hydrogen) atoms. The predicted octanol–water partition coefficient (Wildman–Crippen LogP) is 7.80. The molecule has 1 fully saturated rings. The molecule has 12 heteroatoms. The van der Waals surface area contributed by atoms with Crippen molar-refractivity contribution >= 4 is 98.5 Å². The molecule has 0 saturated heterocycles. The number of nitrogen functional groups attached to an aromatic ring is 1. The van der Waals surface area contributed by atoms with Gasteiger partial charge in [0.2, 0.25) is 5.91 Å². The zero-order valence-electron chi connectivity index (χ0n) is 17.3. The van der Waals surface area contributed by atoms with Crippen molar-refractivity contribution < 1.29 is 14.0 Å². The van der Waals surface area contributed by atoms with E-state index in [0.29, 0.717) is 5.56 Å². The quantitative estimate of drug-likeness (QED) is 0.160. The van der Waals surface area contributed by atoms with E-state index in [9.17, 15) is 14.0 Å². The molecular formula is C23H14Cl6FN3O2. The molecule has 4 N–H and O–H groups in total. The van der Waals surface area contributed by atoms with Crippen LogP contribution >= 0.6 is 69.6 Å². The van der Waals surface area contributed by atoms with E-state index in [4.69, 9.17) is 75.3 Å². The summed E-state index contributed by atoms with van der Waals surface area (Å²) in [5.41, 5.74) is 6.88.